The number of nitrogens with one attached hydrogen (secondary N) is 1. The monoisotopic (exact) mass is 708 g/mol. The highest BCUT2D eigenvalue weighted by molar-refractivity contribution is 5.76. The van der Waals surface area contributed by atoms with Gasteiger partial charge in [0.2, 0.25) is 5.91 Å². The number of nitrogens with zero attached hydrogens (tertiary/aromatic N) is 1. The second-order valence-corrected chi connectivity index (χ2v) is 13.6. The number of hydrogen-bond donors (Lipinski definition) is 3. The average molecular weight is 709 g/mol. The van der Waals surface area contributed by atoms with Gasteiger partial charge in [-0.3, -0.25) is 14.5 Å². The number of benzene rings is 4. The standard InChI is InChI=1S/C42H48N2O8/c1-27-38(25-44-18-17-33-21-36(49-2)37(50-3)22-35(33)24-44)51-42(52-41(27)30-15-13-28(26-45)14-16-30)34-10-5-9-32(20-34)31-8-4-7-29(19-31)23-43-39(46)11-6-12-40(47)48/h4-5,7-10,13-16,19-22,27,38,41-42,45H,6,11-12,17-18,23-26H2,1-3H3,(H,43,46)(H,47,48). The van der Waals surface area contributed by atoms with Crippen molar-refractivity contribution in [2.24, 2.45) is 5.92 Å². The zero-order valence-electron chi connectivity index (χ0n) is 30.0. The van der Waals surface area contributed by atoms with E-state index in [4.69, 9.17) is 24.1 Å². The third-order valence-electron chi connectivity index (χ3n) is 10.1. The molecule has 0 aromatic heterocycles. The Morgan fingerprint density at radius 3 is 2.27 bits per heavy atom. The van der Waals surface area contributed by atoms with E-state index in [0.717, 1.165) is 70.9 Å². The number of aliphatic hydroxyl groups excluding tert-OH is 1. The van der Waals surface area contributed by atoms with Crippen LogP contribution in [0.15, 0.2) is 84.9 Å². The molecule has 10 nitrogen and oxygen atoms in total. The smallest absolute Gasteiger partial charge is 0.303 e. The normalized spacial score (nSPS) is 20.2. The average Bonchev–Trinajstić information content (AvgIpc) is 3.17. The molecule has 2 heterocycles. The molecule has 2 aliphatic rings. The van der Waals surface area contributed by atoms with Gasteiger partial charge in [0.15, 0.2) is 17.8 Å². The number of aliphatic hydroxyl groups is 1. The van der Waals surface area contributed by atoms with E-state index < -0.39 is 12.3 Å². The van der Waals surface area contributed by atoms with Crippen molar-refractivity contribution in [3.05, 3.63) is 118 Å². The summed E-state index contributed by atoms with van der Waals surface area (Å²) in [6.45, 7) is 4.92. The van der Waals surface area contributed by atoms with Gasteiger partial charge in [0.25, 0.3) is 0 Å². The summed E-state index contributed by atoms with van der Waals surface area (Å²) in [7, 11) is 3.33. The van der Waals surface area contributed by atoms with Gasteiger partial charge in [-0.25, -0.2) is 0 Å². The van der Waals surface area contributed by atoms with Gasteiger partial charge in [-0.15, -0.1) is 0 Å². The van der Waals surface area contributed by atoms with Gasteiger partial charge >= 0.3 is 5.97 Å². The molecule has 2 aliphatic heterocycles. The quantitative estimate of drug-likeness (QED) is 0.133. The summed E-state index contributed by atoms with van der Waals surface area (Å²) in [5.74, 6) is 0.453. The molecular weight excluding hydrogens is 660 g/mol. The summed E-state index contributed by atoms with van der Waals surface area (Å²) in [6.07, 6.45) is 0.388. The predicted molar refractivity (Wildman–Crippen MR) is 197 cm³/mol. The Kier molecular flexibility index (Phi) is 12.2. The molecule has 10 heteroatoms. The van der Waals surface area contributed by atoms with Crippen molar-refractivity contribution < 1.29 is 38.7 Å². The summed E-state index contributed by atoms with van der Waals surface area (Å²) in [4.78, 5) is 25.5. The molecule has 3 N–H and O–H groups in total. The maximum absolute atomic E-state index is 12.3. The zero-order valence-corrected chi connectivity index (χ0v) is 30.0. The van der Waals surface area contributed by atoms with Crippen LogP contribution in [0.3, 0.4) is 0 Å². The number of amides is 1. The van der Waals surface area contributed by atoms with E-state index in [1.165, 1.54) is 11.1 Å². The van der Waals surface area contributed by atoms with Crippen LogP contribution in [0.25, 0.3) is 11.1 Å². The Balaban J connectivity index is 1.21. The minimum absolute atomic E-state index is 0.0179. The van der Waals surface area contributed by atoms with Crippen molar-refractivity contribution in [3.63, 3.8) is 0 Å². The molecule has 0 saturated carbocycles. The SMILES string of the molecule is COc1cc2c(cc1OC)CN(CC1OC(c3cccc(-c4cccc(CNC(=O)CCCC(=O)O)c4)c3)OC(c3ccc(CO)cc3)C1C)CC2. The highest BCUT2D eigenvalue weighted by Gasteiger charge is 2.39. The van der Waals surface area contributed by atoms with E-state index in [1.807, 2.05) is 60.7 Å². The third kappa shape index (κ3) is 9.00. The van der Waals surface area contributed by atoms with Gasteiger partial charge in [-0.05, 0) is 76.1 Å². The molecule has 274 valence electrons. The predicted octanol–water partition coefficient (Wildman–Crippen LogP) is 6.58. The number of aliphatic carboxylic acids is 1. The third-order valence-corrected chi connectivity index (χ3v) is 10.1. The molecule has 4 aromatic rings. The fraction of sp³-hybridized carbons (Fsp3) is 0.381. The van der Waals surface area contributed by atoms with Crippen molar-refractivity contribution in [1.29, 1.82) is 0 Å². The number of carbonyl (C=O) groups is 2. The second-order valence-electron chi connectivity index (χ2n) is 13.6. The van der Waals surface area contributed by atoms with E-state index in [0.29, 0.717) is 13.0 Å². The van der Waals surface area contributed by atoms with Gasteiger partial charge in [-0.1, -0.05) is 67.6 Å². The topological polar surface area (TPSA) is 127 Å². The van der Waals surface area contributed by atoms with Crippen molar-refractivity contribution in [1.82, 2.24) is 10.2 Å². The first kappa shape index (κ1) is 37.0. The van der Waals surface area contributed by atoms with Crippen molar-refractivity contribution in [2.75, 3.05) is 27.3 Å². The maximum atomic E-state index is 12.3. The Bertz CT molecular complexity index is 1840. The van der Waals surface area contributed by atoms with Crippen LogP contribution < -0.4 is 14.8 Å². The Labute approximate surface area is 305 Å². The molecule has 1 saturated heterocycles. The molecule has 1 fully saturated rings. The molecule has 4 atom stereocenters. The number of carboxylic acids is 1. The zero-order chi connectivity index (χ0) is 36.6. The van der Waals surface area contributed by atoms with Crippen LogP contribution in [0, 0.1) is 5.92 Å². The lowest BCUT2D eigenvalue weighted by Crippen LogP contribution is -2.45. The van der Waals surface area contributed by atoms with Crippen molar-refractivity contribution in [2.45, 2.75) is 70.8 Å². The molecule has 4 aromatic carbocycles. The minimum atomic E-state index is -0.903. The first-order valence-electron chi connectivity index (χ1n) is 17.9. The van der Waals surface area contributed by atoms with Crippen LogP contribution >= 0.6 is 0 Å². The Morgan fingerprint density at radius 2 is 1.56 bits per heavy atom. The highest BCUT2D eigenvalue weighted by Crippen LogP contribution is 2.43. The van der Waals surface area contributed by atoms with E-state index in [1.54, 1.807) is 14.2 Å². The van der Waals surface area contributed by atoms with Gasteiger partial charge < -0.3 is 34.5 Å². The lowest BCUT2D eigenvalue weighted by atomic mass is 9.89. The van der Waals surface area contributed by atoms with Crippen LogP contribution in [0.4, 0.5) is 0 Å². The largest absolute Gasteiger partial charge is 0.493 e. The molecule has 0 bridgehead atoms. The van der Waals surface area contributed by atoms with Crippen molar-refractivity contribution in [3.8, 4) is 22.6 Å². The first-order valence-corrected chi connectivity index (χ1v) is 17.9. The van der Waals surface area contributed by atoms with E-state index in [-0.39, 0.29) is 43.5 Å². The fourth-order valence-corrected chi connectivity index (χ4v) is 7.09. The van der Waals surface area contributed by atoms with Gasteiger partial charge in [0.05, 0.1) is 33.0 Å². The highest BCUT2D eigenvalue weighted by atomic mass is 16.7. The number of methoxy groups -OCH3 is 2. The maximum Gasteiger partial charge on any atom is 0.303 e. The number of carboxylic acid groups (broad SMARTS) is 1. The summed E-state index contributed by atoms with van der Waals surface area (Å²) >= 11 is 0. The molecular formula is C42H48N2O8. The van der Waals surface area contributed by atoms with Gasteiger partial charge in [0, 0.05) is 50.5 Å². The molecule has 0 aliphatic carbocycles. The molecule has 0 radical (unpaired) electrons. The fourth-order valence-electron chi connectivity index (χ4n) is 7.09. The summed E-state index contributed by atoms with van der Waals surface area (Å²) < 4.78 is 24.8. The molecule has 0 spiro atoms. The molecule has 1 amide bonds. The van der Waals surface area contributed by atoms with Crippen LogP contribution in [-0.2, 0) is 45.2 Å². The Hall–Kier alpha value is -4.74. The summed E-state index contributed by atoms with van der Waals surface area (Å²) in [6, 6.07) is 28.3. The lowest BCUT2D eigenvalue weighted by Gasteiger charge is -2.43. The first-order chi connectivity index (χ1) is 25.2. The van der Waals surface area contributed by atoms with Crippen LogP contribution in [0.1, 0.15) is 72.0 Å². The van der Waals surface area contributed by atoms with Gasteiger partial charge in [-0.2, -0.15) is 0 Å². The number of ether oxygens (including phenoxy) is 4. The van der Waals surface area contributed by atoms with E-state index >= 15 is 0 Å². The van der Waals surface area contributed by atoms with E-state index in [2.05, 4.69) is 41.4 Å². The summed E-state index contributed by atoms with van der Waals surface area (Å²) in [5, 5.41) is 21.4. The van der Waals surface area contributed by atoms with E-state index in [9.17, 15) is 14.7 Å². The molecule has 52 heavy (non-hydrogen) atoms. The van der Waals surface area contributed by atoms with Crippen LogP contribution in [0.5, 0.6) is 11.5 Å². The number of hydrogen-bond acceptors (Lipinski definition) is 8. The Morgan fingerprint density at radius 1 is 0.846 bits per heavy atom. The van der Waals surface area contributed by atoms with Crippen LogP contribution in [-0.4, -0.2) is 60.4 Å². The number of rotatable bonds is 14. The minimum Gasteiger partial charge on any atom is -0.493 e. The van der Waals surface area contributed by atoms with Crippen molar-refractivity contribution >= 4 is 11.9 Å². The number of fused-ring (bicyclic) bond motifs is 1. The van der Waals surface area contributed by atoms with Gasteiger partial charge in [0.1, 0.15) is 0 Å². The lowest BCUT2D eigenvalue weighted by molar-refractivity contribution is -0.276. The molecule has 6 rings (SSSR count). The molecule has 4 unspecified atom stereocenters. The van der Waals surface area contributed by atoms with Crippen LogP contribution in [0.2, 0.25) is 0 Å². The second kappa shape index (κ2) is 17.2. The summed E-state index contributed by atoms with van der Waals surface area (Å²) in [5.41, 5.74) is 8.23. The number of carbonyl (C=O) groups excluding carboxylic acids is 1.